The molecule has 0 saturated carbocycles. The lowest BCUT2D eigenvalue weighted by molar-refractivity contribution is 0.127. The van der Waals surface area contributed by atoms with Gasteiger partial charge in [-0.25, -0.2) is 4.57 Å². The standard InChI is InChI=1S/C10H13O3P/c1-7(2)10(11)8-3-5-9(6-4-8)13-14-12/h3-7,10-11H,1-2H3. The smallest absolute Gasteiger partial charge is 0.395 e. The third-order valence-corrected chi connectivity index (χ3v) is 2.28. The van der Waals surface area contributed by atoms with Crippen LogP contribution in [0, 0.1) is 5.92 Å². The molecule has 1 N–H and O–H groups in total. The molecule has 0 aliphatic carbocycles. The van der Waals surface area contributed by atoms with E-state index in [9.17, 15) is 9.67 Å². The Morgan fingerprint density at radius 3 is 2.29 bits per heavy atom. The normalized spacial score (nSPS) is 13.1. The first-order chi connectivity index (χ1) is 6.65. The monoisotopic (exact) mass is 212 g/mol. The van der Waals surface area contributed by atoms with Gasteiger partial charge in [-0.15, -0.1) is 0 Å². The summed E-state index contributed by atoms with van der Waals surface area (Å²) in [5.74, 6) is 0.709. The zero-order chi connectivity index (χ0) is 10.6. The molecule has 1 aromatic rings. The first kappa shape index (κ1) is 11.2. The Balaban J connectivity index is 2.77. The van der Waals surface area contributed by atoms with Crippen LogP contribution in [0.3, 0.4) is 0 Å². The highest BCUT2D eigenvalue weighted by atomic mass is 31.1. The van der Waals surface area contributed by atoms with Crippen LogP contribution in [-0.2, 0) is 4.57 Å². The molecular formula is C10H13O3P. The van der Waals surface area contributed by atoms with E-state index in [1.54, 1.807) is 24.3 Å². The van der Waals surface area contributed by atoms with Crippen molar-refractivity contribution in [3.63, 3.8) is 0 Å². The molecule has 1 rings (SSSR count). The quantitative estimate of drug-likeness (QED) is 0.780. The highest BCUT2D eigenvalue weighted by molar-refractivity contribution is 7.17. The average Bonchev–Trinajstić information content (AvgIpc) is 2.18. The minimum Gasteiger partial charge on any atom is -0.408 e. The Morgan fingerprint density at radius 2 is 1.86 bits per heavy atom. The van der Waals surface area contributed by atoms with E-state index in [4.69, 9.17) is 4.52 Å². The Morgan fingerprint density at radius 1 is 1.29 bits per heavy atom. The predicted molar refractivity (Wildman–Crippen MR) is 54.5 cm³/mol. The van der Waals surface area contributed by atoms with Gasteiger partial charge in [0.25, 0.3) is 0 Å². The molecular weight excluding hydrogens is 199 g/mol. The highest BCUT2D eigenvalue weighted by Gasteiger charge is 2.11. The van der Waals surface area contributed by atoms with E-state index in [1.165, 1.54) is 0 Å². The molecule has 0 radical (unpaired) electrons. The van der Waals surface area contributed by atoms with Crippen LogP contribution in [0.5, 0.6) is 5.75 Å². The molecule has 76 valence electrons. The largest absolute Gasteiger partial charge is 0.408 e. The molecule has 0 bridgehead atoms. The SMILES string of the molecule is CC(C)C(O)c1ccc(OP=O)cc1. The molecule has 0 saturated heterocycles. The number of hydrogen-bond acceptors (Lipinski definition) is 3. The first-order valence-electron chi connectivity index (χ1n) is 4.43. The van der Waals surface area contributed by atoms with Crippen molar-refractivity contribution >= 4 is 8.69 Å². The van der Waals surface area contributed by atoms with Crippen LogP contribution >= 0.6 is 8.69 Å². The van der Waals surface area contributed by atoms with Gasteiger partial charge < -0.3 is 9.63 Å². The van der Waals surface area contributed by atoms with Crippen molar-refractivity contribution < 1.29 is 14.2 Å². The minimum absolute atomic E-state index is 0.180. The van der Waals surface area contributed by atoms with Crippen LogP contribution in [0.15, 0.2) is 24.3 Å². The zero-order valence-corrected chi connectivity index (χ0v) is 9.07. The maximum atomic E-state index is 10.1. The molecule has 0 amide bonds. The fraction of sp³-hybridized carbons (Fsp3) is 0.400. The van der Waals surface area contributed by atoms with Crippen molar-refractivity contribution in [3.05, 3.63) is 29.8 Å². The number of aliphatic hydroxyl groups is 1. The molecule has 0 aliphatic rings. The van der Waals surface area contributed by atoms with Crippen molar-refractivity contribution in [1.82, 2.24) is 0 Å². The third kappa shape index (κ3) is 2.79. The summed E-state index contributed by atoms with van der Waals surface area (Å²) in [6, 6.07) is 6.91. The molecule has 1 aromatic carbocycles. The molecule has 0 fully saturated rings. The van der Waals surface area contributed by atoms with Gasteiger partial charge in [0, 0.05) is 0 Å². The molecule has 1 unspecified atom stereocenters. The Hall–Kier alpha value is -0.920. The molecule has 14 heavy (non-hydrogen) atoms. The van der Waals surface area contributed by atoms with Crippen LogP contribution < -0.4 is 4.52 Å². The van der Waals surface area contributed by atoms with Gasteiger partial charge in [-0.2, -0.15) is 0 Å². The topological polar surface area (TPSA) is 46.5 Å². The summed E-state index contributed by atoms with van der Waals surface area (Å²) in [7, 11) is -0.364. The number of rotatable bonds is 4. The van der Waals surface area contributed by atoms with Crippen LogP contribution in [0.2, 0.25) is 0 Å². The summed E-state index contributed by atoms with van der Waals surface area (Å²) in [5.41, 5.74) is 0.843. The van der Waals surface area contributed by atoms with E-state index in [-0.39, 0.29) is 14.6 Å². The van der Waals surface area contributed by atoms with Gasteiger partial charge in [0.1, 0.15) is 5.75 Å². The minimum atomic E-state index is -0.464. The van der Waals surface area contributed by atoms with Crippen molar-refractivity contribution in [3.8, 4) is 5.75 Å². The van der Waals surface area contributed by atoms with Crippen LogP contribution in [0.1, 0.15) is 25.5 Å². The summed E-state index contributed by atoms with van der Waals surface area (Å²) in [6.45, 7) is 3.90. The maximum absolute atomic E-state index is 10.1. The predicted octanol–water partition coefficient (Wildman–Crippen LogP) is 2.96. The number of hydrogen-bond donors (Lipinski definition) is 1. The van der Waals surface area contributed by atoms with Gasteiger partial charge in [0.2, 0.25) is 0 Å². The lowest BCUT2D eigenvalue weighted by Crippen LogP contribution is -2.04. The molecule has 0 aromatic heterocycles. The van der Waals surface area contributed by atoms with Gasteiger partial charge in [-0.05, 0) is 23.6 Å². The fourth-order valence-electron chi connectivity index (χ4n) is 1.15. The maximum Gasteiger partial charge on any atom is 0.395 e. The average molecular weight is 212 g/mol. The summed E-state index contributed by atoms with van der Waals surface area (Å²) < 4.78 is 14.9. The second kappa shape index (κ2) is 5.08. The highest BCUT2D eigenvalue weighted by Crippen LogP contribution is 2.24. The van der Waals surface area contributed by atoms with Gasteiger partial charge in [-0.1, -0.05) is 26.0 Å². The second-order valence-electron chi connectivity index (χ2n) is 3.42. The molecule has 1 atom stereocenters. The van der Waals surface area contributed by atoms with E-state index >= 15 is 0 Å². The van der Waals surface area contributed by atoms with Gasteiger partial charge >= 0.3 is 8.69 Å². The second-order valence-corrected chi connectivity index (χ2v) is 3.76. The third-order valence-electron chi connectivity index (χ3n) is 2.00. The van der Waals surface area contributed by atoms with E-state index in [0.717, 1.165) is 5.56 Å². The molecule has 0 aliphatic heterocycles. The summed E-state index contributed by atoms with van der Waals surface area (Å²) >= 11 is 0. The van der Waals surface area contributed by atoms with E-state index < -0.39 is 6.10 Å². The summed E-state index contributed by atoms with van der Waals surface area (Å²) in [5, 5.41) is 9.71. The molecule has 0 spiro atoms. The number of aliphatic hydroxyl groups excluding tert-OH is 1. The zero-order valence-electron chi connectivity index (χ0n) is 8.18. The Labute approximate surface area is 85.0 Å². The van der Waals surface area contributed by atoms with Crippen molar-refractivity contribution in [2.24, 2.45) is 5.92 Å². The van der Waals surface area contributed by atoms with E-state index in [2.05, 4.69) is 0 Å². The van der Waals surface area contributed by atoms with E-state index in [0.29, 0.717) is 5.75 Å². The van der Waals surface area contributed by atoms with Crippen LogP contribution in [0.25, 0.3) is 0 Å². The Bertz CT molecular complexity index is 295. The lowest BCUT2D eigenvalue weighted by atomic mass is 9.99. The van der Waals surface area contributed by atoms with Crippen molar-refractivity contribution in [2.45, 2.75) is 20.0 Å². The molecule has 3 nitrogen and oxygen atoms in total. The van der Waals surface area contributed by atoms with Crippen LogP contribution in [0.4, 0.5) is 0 Å². The van der Waals surface area contributed by atoms with Gasteiger partial charge in [0.15, 0.2) is 0 Å². The molecule has 0 heterocycles. The molecule has 4 heteroatoms. The van der Waals surface area contributed by atoms with Gasteiger partial charge in [-0.3, -0.25) is 0 Å². The van der Waals surface area contributed by atoms with E-state index in [1.807, 2.05) is 13.8 Å². The van der Waals surface area contributed by atoms with Crippen molar-refractivity contribution in [1.29, 1.82) is 0 Å². The summed E-state index contributed by atoms with van der Waals surface area (Å²) in [4.78, 5) is 0. The van der Waals surface area contributed by atoms with Crippen molar-refractivity contribution in [2.75, 3.05) is 0 Å². The lowest BCUT2D eigenvalue weighted by Gasteiger charge is -2.14. The first-order valence-corrected chi connectivity index (χ1v) is 5.16. The van der Waals surface area contributed by atoms with Crippen LogP contribution in [-0.4, -0.2) is 5.11 Å². The fourth-order valence-corrected chi connectivity index (χ4v) is 1.36. The van der Waals surface area contributed by atoms with Gasteiger partial charge in [0.05, 0.1) is 6.10 Å². The summed E-state index contributed by atoms with van der Waals surface area (Å²) in [6.07, 6.45) is -0.464. The number of benzene rings is 1. The Kier molecular flexibility index (Phi) is 4.05.